The van der Waals surface area contributed by atoms with Gasteiger partial charge in [-0.1, -0.05) is 44.2 Å². The Bertz CT molecular complexity index is 467. The molecular weight excluding hydrogens is 280 g/mol. The summed E-state index contributed by atoms with van der Waals surface area (Å²) in [5.74, 6) is -1.01. The predicted octanol–water partition coefficient (Wildman–Crippen LogP) is 3.41. The highest BCUT2D eigenvalue weighted by molar-refractivity contribution is 5.78. The molecule has 0 saturated carbocycles. The molecule has 1 N–H and O–H groups in total. The molecule has 0 aliphatic heterocycles. The maximum Gasteiger partial charge on any atom is 0.316 e. The van der Waals surface area contributed by atoms with Crippen LogP contribution in [-0.2, 0) is 14.3 Å². The summed E-state index contributed by atoms with van der Waals surface area (Å²) in [5.41, 5.74) is 1.87. The third-order valence-corrected chi connectivity index (χ3v) is 3.64. The summed E-state index contributed by atoms with van der Waals surface area (Å²) in [5, 5.41) is 9.52. The number of aliphatic hydroxyl groups excluding tert-OH is 1. The van der Waals surface area contributed by atoms with Crippen LogP contribution in [0, 0.1) is 0 Å². The van der Waals surface area contributed by atoms with E-state index in [0.717, 1.165) is 24.0 Å². The molecule has 0 saturated heterocycles. The number of rotatable bonds is 9. The second-order valence-corrected chi connectivity index (χ2v) is 5.18. The van der Waals surface area contributed by atoms with Gasteiger partial charge in [-0.2, -0.15) is 0 Å². The number of aliphatic hydroxyl groups is 1. The Balaban J connectivity index is 2.73. The average molecular weight is 306 g/mol. The second kappa shape index (κ2) is 10.0. The molecule has 0 aliphatic carbocycles. The SMILES string of the molecule is CC/C(=C\OC)C[C@H](CC)OC(=O)C(CO)c1ccccc1. The van der Waals surface area contributed by atoms with Gasteiger partial charge in [0.25, 0.3) is 0 Å². The maximum absolute atomic E-state index is 12.3. The van der Waals surface area contributed by atoms with E-state index in [9.17, 15) is 9.90 Å². The first kappa shape index (κ1) is 18.2. The summed E-state index contributed by atoms with van der Waals surface area (Å²) in [6, 6.07) is 9.22. The van der Waals surface area contributed by atoms with Crippen LogP contribution in [0.2, 0.25) is 0 Å². The Kier molecular flexibility index (Phi) is 8.30. The molecule has 0 fully saturated rings. The molecule has 0 bridgehead atoms. The number of carbonyl (C=O) groups excluding carboxylic acids is 1. The van der Waals surface area contributed by atoms with Crippen molar-refractivity contribution in [2.24, 2.45) is 0 Å². The molecule has 1 rings (SSSR count). The Labute approximate surface area is 132 Å². The normalized spacial score (nSPS) is 14.3. The Morgan fingerprint density at radius 3 is 2.45 bits per heavy atom. The summed E-state index contributed by atoms with van der Waals surface area (Å²) >= 11 is 0. The number of hydrogen-bond donors (Lipinski definition) is 1. The van der Waals surface area contributed by atoms with E-state index in [1.165, 1.54) is 0 Å². The average Bonchev–Trinajstić information content (AvgIpc) is 2.55. The standard InChI is InChI=1S/C18H26O4/c1-4-14(13-21-3)11-16(5-2)22-18(20)17(12-19)15-9-7-6-8-10-15/h6-10,13,16-17,19H,4-5,11-12H2,1-3H3/b14-13+/t16-,17?/m0/s1. The molecule has 0 aliphatic rings. The zero-order chi connectivity index (χ0) is 16.4. The lowest BCUT2D eigenvalue weighted by atomic mass is 10.00. The molecule has 4 nitrogen and oxygen atoms in total. The van der Waals surface area contributed by atoms with Gasteiger partial charge in [-0.15, -0.1) is 0 Å². The fourth-order valence-electron chi connectivity index (χ4n) is 2.25. The second-order valence-electron chi connectivity index (χ2n) is 5.18. The summed E-state index contributed by atoms with van der Waals surface area (Å²) < 4.78 is 10.6. The summed E-state index contributed by atoms with van der Waals surface area (Å²) in [4.78, 5) is 12.3. The van der Waals surface area contributed by atoms with Gasteiger partial charge in [0, 0.05) is 6.42 Å². The summed E-state index contributed by atoms with van der Waals surface area (Å²) in [6.45, 7) is 3.77. The van der Waals surface area contributed by atoms with Crippen molar-refractivity contribution in [3.63, 3.8) is 0 Å². The van der Waals surface area contributed by atoms with Gasteiger partial charge in [-0.05, 0) is 24.0 Å². The number of esters is 1. The van der Waals surface area contributed by atoms with Crippen molar-refractivity contribution in [1.29, 1.82) is 0 Å². The van der Waals surface area contributed by atoms with Crippen LogP contribution in [-0.4, -0.2) is 30.9 Å². The Morgan fingerprint density at radius 2 is 1.95 bits per heavy atom. The first-order chi connectivity index (χ1) is 10.7. The van der Waals surface area contributed by atoms with Crippen LogP contribution in [0.3, 0.4) is 0 Å². The van der Waals surface area contributed by atoms with E-state index < -0.39 is 5.92 Å². The zero-order valence-corrected chi connectivity index (χ0v) is 13.6. The molecule has 2 atom stereocenters. The summed E-state index contributed by atoms with van der Waals surface area (Å²) in [7, 11) is 1.61. The van der Waals surface area contributed by atoms with Crippen LogP contribution in [0.5, 0.6) is 0 Å². The van der Waals surface area contributed by atoms with Crippen molar-refractivity contribution in [2.75, 3.05) is 13.7 Å². The Hall–Kier alpha value is -1.81. The molecule has 4 heteroatoms. The summed E-state index contributed by atoms with van der Waals surface area (Å²) in [6.07, 6.45) is 3.73. The number of carbonyl (C=O) groups is 1. The molecule has 122 valence electrons. The fourth-order valence-corrected chi connectivity index (χ4v) is 2.25. The van der Waals surface area contributed by atoms with Crippen LogP contribution in [0.15, 0.2) is 42.2 Å². The van der Waals surface area contributed by atoms with E-state index in [2.05, 4.69) is 0 Å². The molecule has 0 radical (unpaired) electrons. The van der Waals surface area contributed by atoms with Gasteiger partial charge in [-0.3, -0.25) is 4.79 Å². The fraction of sp³-hybridized carbons (Fsp3) is 0.500. The van der Waals surface area contributed by atoms with E-state index in [-0.39, 0.29) is 18.7 Å². The molecule has 0 heterocycles. The van der Waals surface area contributed by atoms with E-state index >= 15 is 0 Å². The van der Waals surface area contributed by atoms with Crippen molar-refractivity contribution in [3.05, 3.63) is 47.7 Å². The zero-order valence-electron chi connectivity index (χ0n) is 13.6. The number of ether oxygens (including phenoxy) is 2. The highest BCUT2D eigenvalue weighted by Gasteiger charge is 2.24. The molecular formula is C18H26O4. The molecule has 1 aromatic rings. The largest absolute Gasteiger partial charge is 0.504 e. The van der Waals surface area contributed by atoms with E-state index in [4.69, 9.17) is 9.47 Å². The molecule has 0 amide bonds. The first-order valence-corrected chi connectivity index (χ1v) is 7.73. The lowest BCUT2D eigenvalue weighted by Gasteiger charge is -2.21. The number of benzene rings is 1. The number of hydrogen-bond acceptors (Lipinski definition) is 4. The van der Waals surface area contributed by atoms with E-state index in [1.54, 1.807) is 13.4 Å². The van der Waals surface area contributed by atoms with Gasteiger partial charge in [0.1, 0.15) is 12.0 Å². The quantitative estimate of drug-likeness (QED) is 0.561. The highest BCUT2D eigenvalue weighted by atomic mass is 16.5. The lowest BCUT2D eigenvalue weighted by molar-refractivity contribution is -0.152. The van der Waals surface area contributed by atoms with Gasteiger partial charge < -0.3 is 14.6 Å². The van der Waals surface area contributed by atoms with Crippen LogP contribution in [0.25, 0.3) is 0 Å². The van der Waals surface area contributed by atoms with E-state index in [0.29, 0.717) is 6.42 Å². The van der Waals surface area contributed by atoms with Crippen molar-refractivity contribution in [3.8, 4) is 0 Å². The first-order valence-electron chi connectivity index (χ1n) is 7.73. The molecule has 1 aromatic carbocycles. The van der Waals surface area contributed by atoms with Crippen LogP contribution in [0.1, 0.15) is 44.6 Å². The van der Waals surface area contributed by atoms with Crippen molar-refractivity contribution >= 4 is 5.97 Å². The molecule has 0 spiro atoms. The van der Waals surface area contributed by atoms with Crippen molar-refractivity contribution < 1.29 is 19.4 Å². The third kappa shape index (κ3) is 5.53. The monoisotopic (exact) mass is 306 g/mol. The van der Waals surface area contributed by atoms with Crippen LogP contribution < -0.4 is 0 Å². The minimum atomic E-state index is -0.633. The molecule has 22 heavy (non-hydrogen) atoms. The van der Waals surface area contributed by atoms with Gasteiger partial charge in [0.05, 0.1) is 20.0 Å². The molecule has 1 unspecified atom stereocenters. The van der Waals surface area contributed by atoms with Gasteiger partial charge in [0.2, 0.25) is 0 Å². The van der Waals surface area contributed by atoms with Crippen LogP contribution >= 0.6 is 0 Å². The van der Waals surface area contributed by atoms with E-state index in [1.807, 2.05) is 44.2 Å². The van der Waals surface area contributed by atoms with Crippen LogP contribution in [0.4, 0.5) is 0 Å². The third-order valence-electron chi connectivity index (χ3n) is 3.64. The predicted molar refractivity (Wildman–Crippen MR) is 86.4 cm³/mol. The van der Waals surface area contributed by atoms with Crippen molar-refractivity contribution in [2.45, 2.75) is 45.1 Å². The van der Waals surface area contributed by atoms with Gasteiger partial charge in [-0.25, -0.2) is 0 Å². The minimum absolute atomic E-state index is 0.202. The van der Waals surface area contributed by atoms with Crippen molar-refractivity contribution in [1.82, 2.24) is 0 Å². The maximum atomic E-state index is 12.3. The highest BCUT2D eigenvalue weighted by Crippen LogP contribution is 2.21. The molecule has 0 aromatic heterocycles. The van der Waals surface area contributed by atoms with Gasteiger partial charge >= 0.3 is 5.97 Å². The Morgan fingerprint density at radius 1 is 1.27 bits per heavy atom. The van der Waals surface area contributed by atoms with Gasteiger partial charge in [0.15, 0.2) is 0 Å². The smallest absolute Gasteiger partial charge is 0.316 e. The number of methoxy groups -OCH3 is 1. The topological polar surface area (TPSA) is 55.8 Å². The minimum Gasteiger partial charge on any atom is -0.504 e. The lowest BCUT2D eigenvalue weighted by Crippen LogP contribution is -2.25.